The summed E-state index contributed by atoms with van der Waals surface area (Å²) in [5, 5.41) is 13.0. The number of hydrogen-bond acceptors (Lipinski definition) is 3. The average Bonchev–Trinajstić information content (AvgIpc) is 2.36. The molecule has 1 rings (SSSR count). The minimum Gasteiger partial charge on any atom is -0.491 e. The Labute approximate surface area is 117 Å². The van der Waals surface area contributed by atoms with E-state index in [-0.39, 0.29) is 0 Å². The van der Waals surface area contributed by atoms with Crippen LogP contribution in [0.4, 0.5) is 0 Å². The van der Waals surface area contributed by atoms with E-state index in [9.17, 15) is 5.11 Å². The zero-order valence-electron chi connectivity index (χ0n) is 12.5. The lowest BCUT2D eigenvalue weighted by molar-refractivity contribution is 0.106. The Bertz CT molecular complexity index is 346. The monoisotopic (exact) mass is 265 g/mol. The molecule has 19 heavy (non-hydrogen) atoms. The summed E-state index contributed by atoms with van der Waals surface area (Å²) < 4.78 is 5.57. The Kier molecular flexibility index (Phi) is 6.89. The second kappa shape index (κ2) is 8.18. The van der Waals surface area contributed by atoms with E-state index in [0.717, 1.165) is 12.3 Å². The predicted octanol–water partition coefficient (Wildman–Crippen LogP) is 2.80. The van der Waals surface area contributed by atoms with Gasteiger partial charge in [-0.2, -0.15) is 0 Å². The molecule has 0 saturated carbocycles. The molecule has 0 aliphatic carbocycles. The summed E-state index contributed by atoms with van der Waals surface area (Å²) in [6.45, 7) is 10.4. The van der Waals surface area contributed by atoms with Crippen molar-refractivity contribution >= 4 is 0 Å². The largest absolute Gasteiger partial charge is 0.491 e. The van der Waals surface area contributed by atoms with Crippen LogP contribution in [-0.4, -0.2) is 30.9 Å². The molecule has 0 amide bonds. The number of aliphatic hydroxyl groups excluding tert-OH is 1. The fourth-order valence-electron chi connectivity index (χ4n) is 1.74. The summed E-state index contributed by atoms with van der Waals surface area (Å²) >= 11 is 0. The van der Waals surface area contributed by atoms with Crippen LogP contribution in [-0.2, 0) is 0 Å². The second-order valence-electron chi connectivity index (χ2n) is 5.74. The molecule has 3 nitrogen and oxygen atoms in total. The molecule has 0 spiro atoms. The van der Waals surface area contributed by atoms with E-state index < -0.39 is 6.10 Å². The Balaban J connectivity index is 2.27. The summed E-state index contributed by atoms with van der Waals surface area (Å²) in [5.74, 6) is 1.93. The lowest BCUT2D eigenvalue weighted by Gasteiger charge is -2.14. The molecule has 0 fully saturated rings. The van der Waals surface area contributed by atoms with Crippen molar-refractivity contribution in [1.82, 2.24) is 5.32 Å². The predicted molar refractivity (Wildman–Crippen MR) is 79.7 cm³/mol. The first-order valence-corrected chi connectivity index (χ1v) is 7.10. The first-order chi connectivity index (χ1) is 8.99. The molecule has 0 saturated heterocycles. The molecule has 108 valence electrons. The van der Waals surface area contributed by atoms with Crippen molar-refractivity contribution in [1.29, 1.82) is 0 Å². The fraction of sp³-hybridized carbons (Fsp3) is 0.625. The summed E-state index contributed by atoms with van der Waals surface area (Å²) in [6, 6.07) is 8.07. The maximum atomic E-state index is 9.78. The highest BCUT2D eigenvalue weighted by atomic mass is 16.5. The van der Waals surface area contributed by atoms with Crippen molar-refractivity contribution in [2.24, 2.45) is 5.92 Å². The molecule has 0 heterocycles. The van der Waals surface area contributed by atoms with E-state index >= 15 is 0 Å². The van der Waals surface area contributed by atoms with Gasteiger partial charge in [-0.1, -0.05) is 39.8 Å². The summed E-state index contributed by atoms with van der Waals surface area (Å²) in [6.07, 6.45) is -0.469. The zero-order chi connectivity index (χ0) is 14.3. The number of aliphatic hydroxyl groups is 1. The van der Waals surface area contributed by atoms with Gasteiger partial charge in [0.2, 0.25) is 0 Å². The van der Waals surface area contributed by atoms with Crippen molar-refractivity contribution < 1.29 is 9.84 Å². The highest BCUT2D eigenvalue weighted by Crippen LogP contribution is 2.18. The Hall–Kier alpha value is -1.06. The van der Waals surface area contributed by atoms with E-state index in [2.05, 4.69) is 45.1 Å². The van der Waals surface area contributed by atoms with E-state index in [0.29, 0.717) is 25.0 Å². The van der Waals surface area contributed by atoms with Crippen LogP contribution in [0.2, 0.25) is 0 Å². The van der Waals surface area contributed by atoms with Crippen LogP contribution in [0, 0.1) is 5.92 Å². The summed E-state index contributed by atoms with van der Waals surface area (Å²) in [7, 11) is 0. The molecule has 1 aromatic carbocycles. The minimum absolute atomic E-state index is 0.326. The van der Waals surface area contributed by atoms with Gasteiger partial charge < -0.3 is 15.2 Å². The van der Waals surface area contributed by atoms with Gasteiger partial charge in [0.25, 0.3) is 0 Å². The van der Waals surface area contributed by atoms with E-state index in [1.54, 1.807) is 0 Å². The van der Waals surface area contributed by atoms with E-state index in [4.69, 9.17) is 4.74 Å². The number of hydrogen-bond donors (Lipinski definition) is 2. The van der Waals surface area contributed by atoms with Gasteiger partial charge >= 0.3 is 0 Å². The van der Waals surface area contributed by atoms with Gasteiger partial charge in [0, 0.05) is 6.54 Å². The third kappa shape index (κ3) is 6.60. The molecule has 3 heteroatoms. The maximum absolute atomic E-state index is 9.78. The van der Waals surface area contributed by atoms with Crippen LogP contribution < -0.4 is 10.1 Å². The number of ether oxygens (including phenoxy) is 1. The van der Waals surface area contributed by atoms with Gasteiger partial charge in [0.05, 0.1) is 0 Å². The lowest BCUT2D eigenvalue weighted by Crippen LogP contribution is -2.33. The van der Waals surface area contributed by atoms with Gasteiger partial charge in [0.1, 0.15) is 18.5 Å². The summed E-state index contributed by atoms with van der Waals surface area (Å²) in [5.41, 5.74) is 1.30. The molecule has 0 aliphatic rings. The van der Waals surface area contributed by atoms with Crippen LogP contribution in [0.25, 0.3) is 0 Å². The van der Waals surface area contributed by atoms with Crippen LogP contribution in [0.15, 0.2) is 24.3 Å². The molecular weight excluding hydrogens is 238 g/mol. The molecule has 0 aromatic heterocycles. The highest BCUT2D eigenvalue weighted by Gasteiger charge is 2.06. The third-order valence-corrected chi connectivity index (χ3v) is 2.92. The minimum atomic E-state index is -0.469. The zero-order valence-corrected chi connectivity index (χ0v) is 12.5. The Morgan fingerprint density at radius 2 is 1.68 bits per heavy atom. The number of benzene rings is 1. The average molecular weight is 265 g/mol. The van der Waals surface area contributed by atoms with E-state index in [1.165, 1.54) is 5.56 Å². The van der Waals surface area contributed by atoms with Crippen LogP contribution in [0.5, 0.6) is 5.75 Å². The highest BCUT2D eigenvalue weighted by molar-refractivity contribution is 5.28. The first kappa shape index (κ1) is 16.0. The van der Waals surface area contributed by atoms with Crippen molar-refractivity contribution in [3.8, 4) is 5.75 Å². The van der Waals surface area contributed by atoms with Crippen molar-refractivity contribution in [3.63, 3.8) is 0 Å². The molecular formula is C16H27NO2. The molecule has 1 atom stereocenters. The Morgan fingerprint density at radius 3 is 2.21 bits per heavy atom. The summed E-state index contributed by atoms with van der Waals surface area (Å²) in [4.78, 5) is 0. The molecule has 1 aromatic rings. The molecule has 2 N–H and O–H groups in total. The standard InChI is InChI=1S/C16H27NO2/c1-12(2)9-17-10-15(18)11-19-16-7-5-14(6-8-16)13(3)4/h5-8,12-13,15,17-18H,9-11H2,1-4H3. The topological polar surface area (TPSA) is 41.5 Å². The fourth-order valence-corrected chi connectivity index (χ4v) is 1.74. The maximum Gasteiger partial charge on any atom is 0.119 e. The third-order valence-electron chi connectivity index (χ3n) is 2.92. The Morgan fingerprint density at radius 1 is 1.05 bits per heavy atom. The normalized spacial score (nSPS) is 13.0. The van der Waals surface area contributed by atoms with Crippen molar-refractivity contribution in [2.75, 3.05) is 19.7 Å². The van der Waals surface area contributed by atoms with Gasteiger partial charge in [-0.25, -0.2) is 0 Å². The van der Waals surface area contributed by atoms with Crippen LogP contribution >= 0.6 is 0 Å². The first-order valence-electron chi connectivity index (χ1n) is 7.10. The SMILES string of the molecule is CC(C)CNCC(O)COc1ccc(C(C)C)cc1. The van der Waals surface area contributed by atoms with Gasteiger partial charge in [-0.15, -0.1) is 0 Å². The van der Waals surface area contributed by atoms with Crippen LogP contribution in [0.3, 0.4) is 0 Å². The van der Waals surface area contributed by atoms with Gasteiger partial charge in [-0.05, 0) is 36.1 Å². The van der Waals surface area contributed by atoms with Crippen molar-refractivity contribution in [2.45, 2.75) is 39.7 Å². The quantitative estimate of drug-likeness (QED) is 0.759. The smallest absolute Gasteiger partial charge is 0.119 e. The molecule has 1 unspecified atom stereocenters. The van der Waals surface area contributed by atoms with E-state index in [1.807, 2.05) is 12.1 Å². The van der Waals surface area contributed by atoms with Crippen LogP contribution in [0.1, 0.15) is 39.2 Å². The van der Waals surface area contributed by atoms with Gasteiger partial charge in [-0.3, -0.25) is 0 Å². The van der Waals surface area contributed by atoms with Gasteiger partial charge in [0.15, 0.2) is 0 Å². The lowest BCUT2D eigenvalue weighted by atomic mass is 10.0. The second-order valence-corrected chi connectivity index (χ2v) is 5.74. The molecule has 0 aliphatic heterocycles. The molecule has 0 radical (unpaired) electrons. The van der Waals surface area contributed by atoms with Crippen molar-refractivity contribution in [3.05, 3.63) is 29.8 Å². The number of rotatable bonds is 8. The molecule has 0 bridgehead atoms. The number of nitrogens with one attached hydrogen (secondary N) is 1.